The predicted molar refractivity (Wildman–Crippen MR) is 264 cm³/mol. The number of ether oxygens (including phenoxy) is 2. The lowest BCUT2D eigenvalue weighted by molar-refractivity contribution is -0.236. The fourth-order valence-electron chi connectivity index (χ4n) is 11.3. The molecule has 1 aliphatic carbocycles. The Kier molecular flexibility index (Phi) is 14.2. The van der Waals surface area contributed by atoms with Gasteiger partial charge in [-0.15, -0.1) is 0 Å². The van der Waals surface area contributed by atoms with Crippen LogP contribution in [0.4, 0.5) is 0 Å². The van der Waals surface area contributed by atoms with Gasteiger partial charge in [0.25, 0.3) is 5.91 Å². The lowest BCUT2D eigenvalue weighted by atomic mass is 9.83. The SMILES string of the molecule is CCC1=C(C)c2cc3[nH]c(c(C)c3C(C)C)c(-c3ccc(C(=O)NC4OC(CO)C(O)C(O)C4O)cc3)c3nc(c4c5[nH]c(cc1n2)c(C)c5C(=O)C4)[C@@H](CCC(=O)NC1OC(CO)C(O)C(O)C1O)[C@@H]3C. The molecule has 5 aliphatic rings. The third-order valence-electron chi connectivity index (χ3n) is 15.3. The van der Waals surface area contributed by atoms with Gasteiger partial charge in [0.2, 0.25) is 5.91 Å². The van der Waals surface area contributed by atoms with Crippen LogP contribution in [-0.4, -0.2) is 153 Å². The van der Waals surface area contributed by atoms with E-state index in [1.165, 1.54) is 0 Å². The first-order valence-corrected chi connectivity index (χ1v) is 24.6. The molecular weight excluding hydrogens is 929 g/mol. The number of aliphatic hydroxyl groups excluding tert-OH is 8. The van der Waals surface area contributed by atoms with Crippen LogP contribution in [-0.2, 0) is 20.7 Å². The van der Waals surface area contributed by atoms with E-state index < -0.39 is 98.2 Å². The maximum Gasteiger partial charge on any atom is 0.253 e. The van der Waals surface area contributed by atoms with Crippen LogP contribution in [0.15, 0.2) is 36.4 Å². The van der Waals surface area contributed by atoms with Crippen molar-refractivity contribution in [3.63, 3.8) is 0 Å². The zero-order valence-electron chi connectivity index (χ0n) is 41.2. The number of amides is 2. The fourth-order valence-corrected chi connectivity index (χ4v) is 11.3. The highest BCUT2D eigenvalue weighted by Gasteiger charge is 2.46. The van der Waals surface area contributed by atoms with Crippen molar-refractivity contribution in [2.45, 2.75) is 153 Å². The number of nitrogens with one attached hydrogen (secondary N) is 4. The highest BCUT2D eigenvalue weighted by atomic mass is 16.6. The summed E-state index contributed by atoms with van der Waals surface area (Å²) in [7, 11) is 0. The van der Waals surface area contributed by atoms with Crippen LogP contribution >= 0.6 is 0 Å². The van der Waals surface area contributed by atoms with Crippen molar-refractivity contribution >= 4 is 50.8 Å². The van der Waals surface area contributed by atoms with E-state index >= 15 is 0 Å². The molecule has 12 N–H and O–H groups in total. The molecule has 0 radical (unpaired) electrons. The molecule has 2 fully saturated rings. The molecule has 72 heavy (non-hydrogen) atoms. The number of rotatable bonds is 11. The van der Waals surface area contributed by atoms with E-state index in [-0.39, 0.29) is 36.5 Å². The predicted octanol–water partition coefficient (Wildman–Crippen LogP) is 2.91. The minimum Gasteiger partial charge on any atom is -0.394 e. The van der Waals surface area contributed by atoms with Gasteiger partial charge < -0.3 is 70.9 Å². The summed E-state index contributed by atoms with van der Waals surface area (Å²) in [5.74, 6) is -2.10. The Balaban J connectivity index is 1.22. The number of Topliss-reactive ketones (excluding diaryl/α,β-unsaturated/α-hetero) is 1. The number of carbonyl (C=O) groups is 3. The number of benzene rings is 1. The molecule has 12 atom stereocenters. The van der Waals surface area contributed by atoms with E-state index in [9.17, 15) is 55.2 Å². The molecule has 3 aromatic heterocycles. The first-order valence-electron chi connectivity index (χ1n) is 24.6. The van der Waals surface area contributed by atoms with Crippen molar-refractivity contribution in [3.05, 3.63) is 92.6 Å². The van der Waals surface area contributed by atoms with Gasteiger partial charge in [0.1, 0.15) is 48.8 Å². The van der Waals surface area contributed by atoms with Crippen molar-refractivity contribution in [2.24, 2.45) is 0 Å². The lowest BCUT2D eigenvalue weighted by Crippen LogP contribution is -2.63. The van der Waals surface area contributed by atoms with E-state index in [4.69, 9.17) is 19.4 Å². The first kappa shape index (κ1) is 51.2. The summed E-state index contributed by atoms with van der Waals surface area (Å²) in [5.41, 5.74) is 13.5. The van der Waals surface area contributed by atoms with Gasteiger partial charge in [-0.3, -0.25) is 19.4 Å². The standard InChI is InChI=1S/C53H64N6O13/c1-8-27-21(4)30-17-33-38(20(2)3)24(7)42(56-33)40(25-9-11-26(12-10-25)51(70)59-53-50(69)48(67)46(65)36(19-61)72-53)41-22(5)28(13-14-37(63)57-52-49(68)47(66)45(64)35(18-60)71-52)43(58-41)29-15-34(62)39-23(6)31(55-44(29)39)16-32(27)54-30/h9-12,16-17,20,22,28,35-36,45-50,52-53,55-56,60-61,64-69H,8,13-15,18-19H2,1-7H3,(H,57,63)(H,59,70)/t22-,28-,35?,36?,45?,46?,47?,48?,49?,50?,52?,53?/m0/s1. The quantitative estimate of drug-likeness (QED) is 0.103. The number of carbonyl (C=O) groups excluding carboxylic acids is 3. The number of ketones is 1. The number of allylic oxidation sites excluding steroid dienone is 2. The molecule has 0 saturated carbocycles. The molecule has 9 rings (SSSR count). The number of aromatic amines is 2. The molecule has 1 aromatic carbocycles. The second-order valence-electron chi connectivity index (χ2n) is 20.0. The summed E-state index contributed by atoms with van der Waals surface area (Å²) in [4.78, 5) is 59.8. The molecule has 384 valence electrons. The van der Waals surface area contributed by atoms with Crippen molar-refractivity contribution < 1.29 is 64.7 Å². The van der Waals surface area contributed by atoms with Crippen molar-refractivity contribution in [2.75, 3.05) is 13.2 Å². The van der Waals surface area contributed by atoms with E-state index in [0.717, 1.165) is 55.8 Å². The van der Waals surface area contributed by atoms with Gasteiger partial charge in [0.15, 0.2) is 18.2 Å². The minimum absolute atomic E-state index is 0.0446. The maximum atomic E-state index is 14.2. The van der Waals surface area contributed by atoms with Gasteiger partial charge in [-0.05, 0) is 97.2 Å². The molecule has 7 heterocycles. The first-order chi connectivity index (χ1) is 34.3. The second kappa shape index (κ2) is 20.0. The summed E-state index contributed by atoms with van der Waals surface area (Å²) in [6, 6.07) is 10.8. The van der Waals surface area contributed by atoms with Crippen LogP contribution in [0.25, 0.3) is 44.3 Å². The zero-order valence-corrected chi connectivity index (χ0v) is 41.2. The van der Waals surface area contributed by atoms with Gasteiger partial charge in [-0.2, -0.15) is 0 Å². The molecule has 0 spiro atoms. The Morgan fingerprint density at radius 1 is 0.750 bits per heavy atom. The fraction of sp³-hybridized carbons (Fsp3) is 0.491. The van der Waals surface area contributed by atoms with Gasteiger partial charge in [0, 0.05) is 58.0 Å². The van der Waals surface area contributed by atoms with Crippen molar-refractivity contribution in [1.29, 1.82) is 0 Å². The molecule has 8 bridgehead atoms. The van der Waals surface area contributed by atoms with Crippen LogP contribution in [0.3, 0.4) is 0 Å². The molecule has 2 saturated heterocycles. The normalized spacial score (nSPS) is 28.2. The topological polar surface area (TPSA) is 313 Å². The molecule has 2 amide bonds. The Morgan fingerprint density at radius 3 is 1.94 bits per heavy atom. The number of aromatic nitrogens is 4. The number of nitrogens with zero attached hydrogens (tertiary/aromatic N) is 2. The third kappa shape index (κ3) is 8.78. The average Bonchev–Trinajstić information content (AvgIpc) is 4.13. The number of fused-ring (bicyclic) bond motifs is 8. The molecule has 19 heteroatoms. The van der Waals surface area contributed by atoms with Gasteiger partial charge in [0.05, 0.1) is 47.0 Å². The van der Waals surface area contributed by atoms with Gasteiger partial charge >= 0.3 is 0 Å². The van der Waals surface area contributed by atoms with Crippen molar-refractivity contribution in [1.82, 2.24) is 30.6 Å². The van der Waals surface area contributed by atoms with E-state index in [1.54, 1.807) is 24.3 Å². The van der Waals surface area contributed by atoms with Crippen LogP contribution in [0.5, 0.6) is 0 Å². The van der Waals surface area contributed by atoms with Crippen LogP contribution in [0.1, 0.15) is 137 Å². The zero-order chi connectivity index (χ0) is 51.8. The average molecular weight is 993 g/mol. The number of aliphatic hydroxyl groups is 8. The molecule has 4 aliphatic heterocycles. The van der Waals surface area contributed by atoms with E-state index in [1.807, 2.05) is 26.8 Å². The third-order valence-corrected chi connectivity index (χ3v) is 15.3. The molecule has 10 unspecified atom stereocenters. The number of hydrogen-bond acceptors (Lipinski definition) is 15. The summed E-state index contributed by atoms with van der Waals surface area (Å²) < 4.78 is 11.1. The largest absolute Gasteiger partial charge is 0.394 e. The monoisotopic (exact) mass is 992 g/mol. The Bertz CT molecular complexity index is 3010. The van der Waals surface area contributed by atoms with Gasteiger partial charge in [-0.25, -0.2) is 4.98 Å². The molecule has 19 nitrogen and oxygen atoms in total. The molecular formula is C53H64N6O13. The maximum absolute atomic E-state index is 14.2. The minimum atomic E-state index is -1.69. The highest BCUT2D eigenvalue weighted by Crippen LogP contribution is 2.48. The van der Waals surface area contributed by atoms with Crippen LogP contribution in [0, 0.1) is 13.8 Å². The van der Waals surface area contributed by atoms with E-state index in [0.29, 0.717) is 45.6 Å². The summed E-state index contributed by atoms with van der Waals surface area (Å²) >= 11 is 0. The lowest BCUT2D eigenvalue weighted by Gasteiger charge is -2.40. The highest BCUT2D eigenvalue weighted by molar-refractivity contribution is 6.13. The summed E-state index contributed by atoms with van der Waals surface area (Å²) in [5, 5.41) is 87.5. The number of hydrogen-bond donors (Lipinski definition) is 12. The van der Waals surface area contributed by atoms with Gasteiger partial charge in [-0.1, -0.05) is 39.8 Å². The Morgan fingerprint density at radius 2 is 1.35 bits per heavy atom. The molecule has 4 aromatic rings. The number of H-pyrrole nitrogens is 2. The second-order valence-corrected chi connectivity index (χ2v) is 20.0. The Hall–Kier alpha value is -5.71. The van der Waals surface area contributed by atoms with E-state index in [2.05, 4.69) is 54.4 Å². The Labute approximate surface area is 415 Å². The number of aryl methyl sites for hydroxylation is 2. The summed E-state index contributed by atoms with van der Waals surface area (Å²) in [6.45, 7) is 13.0. The van der Waals surface area contributed by atoms with Crippen LogP contribution < -0.4 is 10.6 Å². The van der Waals surface area contributed by atoms with Crippen molar-refractivity contribution in [3.8, 4) is 11.1 Å². The van der Waals surface area contributed by atoms with Crippen LogP contribution in [0.2, 0.25) is 0 Å². The smallest absolute Gasteiger partial charge is 0.253 e. The summed E-state index contributed by atoms with van der Waals surface area (Å²) in [6.07, 6.45) is -14.4.